The molecule has 140 valence electrons. The molecule has 1 heterocycles. The van der Waals surface area contributed by atoms with Gasteiger partial charge in [0.25, 0.3) is 0 Å². The minimum Gasteiger partial charge on any atom is -0.497 e. The zero-order valence-electron chi connectivity index (χ0n) is 15.4. The Hall–Kier alpha value is -2.45. The third-order valence-electron chi connectivity index (χ3n) is 3.91. The molecular weight excluding hydrogens is 352 g/mol. The summed E-state index contributed by atoms with van der Waals surface area (Å²) in [6, 6.07) is 10.7. The number of ether oxygens (including phenoxy) is 1. The molecule has 1 aromatic heterocycles. The molecule has 0 aliphatic heterocycles. The maximum atomic E-state index is 12.4. The third kappa shape index (κ3) is 4.59. The first kappa shape index (κ1) is 19.9. The molecule has 0 radical (unpaired) electrons. The lowest BCUT2D eigenvalue weighted by Crippen LogP contribution is -2.30. The predicted molar refractivity (Wildman–Crippen MR) is 103 cm³/mol. The normalized spacial score (nSPS) is 12.3. The second kappa shape index (κ2) is 8.77. The molecule has 0 atom stereocenters. The number of benzene rings is 1. The standard InChI is InChI=1S/C18H24N4O3S/c1-5-22(6-2)26(23,24)17-10-11-18(19-13-17)21-20-14(3)15-8-7-9-16(12-15)25-4/h7-13H,5-6H2,1-4H3,(H,19,21)/b20-14-. The van der Waals surface area contributed by atoms with E-state index in [0.29, 0.717) is 18.9 Å². The number of hydrogen-bond acceptors (Lipinski definition) is 6. The Balaban J connectivity index is 2.14. The Labute approximate surface area is 154 Å². The SMILES string of the molecule is CCN(CC)S(=O)(=O)c1ccc(N/N=C(/C)c2cccc(OC)c2)nc1. The summed E-state index contributed by atoms with van der Waals surface area (Å²) >= 11 is 0. The second-order valence-corrected chi connectivity index (χ2v) is 7.45. The van der Waals surface area contributed by atoms with Gasteiger partial charge in [-0.15, -0.1) is 0 Å². The second-order valence-electron chi connectivity index (χ2n) is 5.51. The lowest BCUT2D eigenvalue weighted by Gasteiger charge is -2.18. The Morgan fingerprint density at radius 3 is 2.54 bits per heavy atom. The van der Waals surface area contributed by atoms with Crippen molar-refractivity contribution < 1.29 is 13.2 Å². The van der Waals surface area contributed by atoms with Gasteiger partial charge in [-0.3, -0.25) is 5.43 Å². The lowest BCUT2D eigenvalue weighted by molar-refractivity contribution is 0.414. The van der Waals surface area contributed by atoms with Crippen molar-refractivity contribution in [2.45, 2.75) is 25.7 Å². The summed E-state index contributed by atoms with van der Waals surface area (Å²) in [6.07, 6.45) is 1.34. The van der Waals surface area contributed by atoms with Crippen molar-refractivity contribution in [2.75, 3.05) is 25.6 Å². The van der Waals surface area contributed by atoms with Crippen LogP contribution in [0.4, 0.5) is 5.82 Å². The highest BCUT2D eigenvalue weighted by molar-refractivity contribution is 7.89. The van der Waals surface area contributed by atoms with Crippen molar-refractivity contribution in [1.82, 2.24) is 9.29 Å². The summed E-state index contributed by atoms with van der Waals surface area (Å²) < 4.78 is 31.5. The van der Waals surface area contributed by atoms with Gasteiger partial charge in [-0.2, -0.15) is 9.41 Å². The van der Waals surface area contributed by atoms with Gasteiger partial charge < -0.3 is 4.74 Å². The Morgan fingerprint density at radius 1 is 1.23 bits per heavy atom. The van der Waals surface area contributed by atoms with E-state index in [4.69, 9.17) is 4.74 Å². The van der Waals surface area contributed by atoms with Crippen molar-refractivity contribution in [1.29, 1.82) is 0 Å². The monoisotopic (exact) mass is 376 g/mol. The molecule has 0 fully saturated rings. The summed E-state index contributed by atoms with van der Waals surface area (Å²) in [5.41, 5.74) is 4.51. The van der Waals surface area contributed by atoms with Crippen molar-refractivity contribution in [3.63, 3.8) is 0 Å². The quantitative estimate of drug-likeness (QED) is 0.566. The van der Waals surface area contributed by atoms with Crippen LogP contribution in [0.25, 0.3) is 0 Å². The largest absolute Gasteiger partial charge is 0.497 e. The number of sulfonamides is 1. The van der Waals surface area contributed by atoms with Crippen molar-refractivity contribution >= 4 is 21.6 Å². The number of methoxy groups -OCH3 is 1. The average Bonchev–Trinajstić information content (AvgIpc) is 2.67. The number of rotatable bonds is 8. The Bertz CT molecular complexity index is 860. The first-order valence-corrected chi connectivity index (χ1v) is 9.77. The number of anilines is 1. The van der Waals surface area contributed by atoms with E-state index in [1.54, 1.807) is 27.0 Å². The topological polar surface area (TPSA) is 83.9 Å². The molecular formula is C18H24N4O3S. The van der Waals surface area contributed by atoms with E-state index in [1.807, 2.05) is 31.2 Å². The van der Waals surface area contributed by atoms with Gasteiger partial charge in [0.1, 0.15) is 16.5 Å². The molecule has 0 bridgehead atoms. The minimum absolute atomic E-state index is 0.167. The molecule has 1 aromatic carbocycles. The van der Waals surface area contributed by atoms with Gasteiger partial charge in [-0.1, -0.05) is 26.0 Å². The number of hydrazone groups is 1. The highest BCUT2D eigenvalue weighted by Gasteiger charge is 2.21. The van der Waals surface area contributed by atoms with Crippen LogP contribution >= 0.6 is 0 Å². The zero-order valence-corrected chi connectivity index (χ0v) is 16.2. The van der Waals surface area contributed by atoms with Gasteiger partial charge in [0.2, 0.25) is 10.0 Å². The first-order valence-electron chi connectivity index (χ1n) is 8.33. The van der Waals surface area contributed by atoms with Gasteiger partial charge >= 0.3 is 0 Å². The van der Waals surface area contributed by atoms with E-state index < -0.39 is 10.0 Å². The molecule has 2 aromatic rings. The van der Waals surface area contributed by atoms with Crippen LogP contribution in [0.1, 0.15) is 26.3 Å². The fourth-order valence-electron chi connectivity index (χ4n) is 2.37. The maximum absolute atomic E-state index is 12.4. The van der Waals surface area contributed by atoms with Crippen LogP contribution in [-0.2, 0) is 10.0 Å². The van der Waals surface area contributed by atoms with Crippen LogP contribution < -0.4 is 10.2 Å². The molecule has 0 amide bonds. The Kier molecular flexibility index (Phi) is 6.70. The van der Waals surface area contributed by atoms with Gasteiger partial charge in [-0.25, -0.2) is 13.4 Å². The van der Waals surface area contributed by atoms with Crippen LogP contribution in [0, 0.1) is 0 Å². The molecule has 7 nitrogen and oxygen atoms in total. The minimum atomic E-state index is -3.51. The third-order valence-corrected chi connectivity index (χ3v) is 5.94. The molecule has 0 saturated carbocycles. The van der Waals surface area contributed by atoms with Gasteiger partial charge in [0.05, 0.1) is 12.8 Å². The number of aromatic nitrogens is 1. The van der Waals surface area contributed by atoms with E-state index in [2.05, 4.69) is 15.5 Å². The van der Waals surface area contributed by atoms with Crippen LogP contribution in [-0.4, -0.2) is 43.6 Å². The maximum Gasteiger partial charge on any atom is 0.244 e. The smallest absolute Gasteiger partial charge is 0.244 e. The summed E-state index contributed by atoms with van der Waals surface area (Å²) in [7, 11) is -1.89. The molecule has 1 N–H and O–H groups in total. The summed E-state index contributed by atoms with van der Waals surface area (Å²) in [5.74, 6) is 1.21. The predicted octanol–water partition coefficient (Wildman–Crippen LogP) is 2.96. The van der Waals surface area contributed by atoms with Crippen molar-refractivity contribution in [3.05, 3.63) is 48.2 Å². The number of nitrogens with zero attached hydrogens (tertiary/aromatic N) is 3. The zero-order chi connectivity index (χ0) is 19.2. The Morgan fingerprint density at radius 2 is 1.96 bits per heavy atom. The van der Waals surface area contributed by atoms with E-state index in [9.17, 15) is 8.42 Å². The van der Waals surface area contributed by atoms with E-state index >= 15 is 0 Å². The average molecular weight is 376 g/mol. The molecule has 8 heteroatoms. The van der Waals surface area contributed by atoms with Gasteiger partial charge in [0.15, 0.2) is 0 Å². The highest BCUT2D eigenvalue weighted by atomic mass is 32.2. The number of pyridine rings is 1. The fourth-order valence-corrected chi connectivity index (χ4v) is 3.77. The molecule has 0 aliphatic carbocycles. The van der Waals surface area contributed by atoms with Gasteiger partial charge in [0, 0.05) is 24.8 Å². The van der Waals surface area contributed by atoms with E-state index in [1.165, 1.54) is 16.6 Å². The molecule has 0 unspecified atom stereocenters. The van der Waals surface area contributed by atoms with Crippen LogP contribution in [0.3, 0.4) is 0 Å². The van der Waals surface area contributed by atoms with Crippen molar-refractivity contribution in [2.24, 2.45) is 5.10 Å². The van der Waals surface area contributed by atoms with E-state index in [-0.39, 0.29) is 4.90 Å². The number of nitrogens with one attached hydrogen (secondary N) is 1. The summed E-state index contributed by atoms with van der Waals surface area (Å²) in [6.45, 7) is 6.31. The summed E-state index contributed by atoms with van der Waals surface area (Å²) in [4.78, 5) is 4.31. The van der Waals surface area contributed by atoms with E-state index in [0.717, 1.165) is 17.0 Å². The molecule has 26 heavy (non-hydrogen) atoms. The van der Waals surface area contributed by atoms with Gasteiger partial charge in [-0.05, 0) is 31.2 Å². The fraction of sp³-hybridized carbons (Fsp3) is 0.333. The lowest BCUT2D eigenvalue weighted by atomic mass is 10.1. The summed E-state index contributed by atoms with van der Waals surface area (Å²) in [5, 5.41) is 4.29. The molecule has 0 saturated heterocycles. The number of hydrogen-bond donors (Lipinski definition) is 1. The first-order chi connectivity index (χ1) is 12.4. The highest BCUT2D eigenvalue weighted by Crippen LogP contribution is 2.17. The molecule has 0 spiro atoms. The van der Waals surface area contributed by atoms with Crippen LogP contribution in [0.15, 0.2) is 52.6 Å². The van der Waals surface area contributed by atoms with Crippen LogP contribution in [0.5, 0.6) is 5.75 Å². The molecule has 2 rings (SSSR count). The van der Waals surface area contributed by atoms with Crippen molar-refractivity contribution in [3.8, 4) is 5.75 Å². The van der Waals surface area contributed by atoms with Crippen LogP contribution in [0.2, 0.25) is 0 Å². The molecule has 0 aliphatic rings.